The van der Waals surface area contributed by atoms with Crippen LogP contribution < -0.4 is 4.74 Å². The van der Waals surface area contributed by atoms with Crippen LogP contribution in [0.4, 0.5) is 0 Å². The molecule has 1 aliphatic carbocycles. The molecule has 0 unspecified atom stereocenters. The van der Waals surface area contributed by atoms with Gasteiger partial charge >= 0.3 is 0 Å². The molecule has 4 nitrogen and oxygen atoms in total. The molecular weight excluding hydrogens is 240 g/mol. The summed E-state index contributed by atoms with van der Waals surface area (Å²) in [5.41, 5.74) is 0.322. The lowest BCUT2D eigenvalue weighted by Gasteiger charge is -2.22. The third-order valence-electron chi connectivity index (χ3n) is 3.63. The number of rotatable bonds is 4. The summed E-state index contributed by atoms with van der Waals surface area (Å²) in [6.07, 6.45) is 7.50. The molecule has 19 heavy (non-hydrogen) atoms. The Morgan fingerprint density at radius 1 is 1.26 bits per heavy atom. The minimum atomic E-state index is -0.637. The average Bonchev–Trinajstić information content (AvgIpc) is 3.09. The van der Waals surface area contributed by atoms with Gasteiger partial charge in [-0.15, -0.1) is 0 Å². The van der Waals surface area contributed by atoms with Crippen LogP contribution in [-0.4, -0.2) is 27.1 Å². The summed E-state index contributed by atoms with van der Waals surface area (Å²) < 4.78 is 7.53. The Morgan fingerprint density at radius 2 is 2.11 bits per heavy atom. The quantitative estimate of drug-likeness (QED) is 0.916. The molecule has 1 heterocycles. The third kappa shape index (κ3) is 2.79. The Labute approximate surface area is 112 Å². The summed E-state index contributed by atoms with van der Waals surface area (Å²) in [5.74, 6) is 0.772. The first-order valence-corrected chi connectivity index (χ1v) is 6.71. The molecule has 0 radical (unpaired) electrons. The molecule has 100 valence electrons. The number of hydrogen-bond donors (Lipinski definition) is 1. The van der Waals surface area contributed by atoms with Gasteiger partial charge in [-0.2, -0.15) is 5.10 Å². The van der Waals surface area contributed by atoms with Crippen LogP contribution in [-0.2, 0) is 0 Å². The van der Waals surface area contributed by atoms with Crippen LogP contribution in [0.15, 0.2) is 42.7 Å². The van der Waals surface area contributed by atoms with Gasteiger partial charge in [0.2, 0.25) is 0 Å². The Hall–Kier alpha value is -1.81. The molecular formula is C15H18N2O2. The van der Waals surface area contributed by atoms with E-state index >= 15 is 0 Å². The minimum absolute atomic E-state index is 0.371. The van der Waals surface area contributed by atoms with Crippen molar-refractivity contribution in [2.75, 3.05) is 6.61 Å². The summed E-state index contributed by atoms with van der Waals surface area (Å²) in [6, 6.07) is 9.64. The molecule has 0 saturated heterocycles. The highest BCUT2D eigenvalue weighted by Gasteiger charge is 2.31. The number of ether oxygens (including phenoxy) is 1. The van der Waals surface area contributed by atoms with E-state index in [2.05, 4.69) is 5.10 Å². The highest BCUT2D eigenvalue weighted by Crippen LogP contribution is 2.30. The van der Waals surface area contributed by atoms with E-state index in [-0.39, 0.29) is 0 Å². The maximum absolute atomic E-state index is 10.3. The van der Waals surface area contributed by atoms with Crippen molar-refractivity contribution in [1.29, 1.82) is 0 Å². The Morgan fingerprint density at radius 3 is 2.84 bits per heavy atom. The smallest absolute Gasteiger partial charge is 0.121 e. The van der Waals surface area contributed by atoms with E-state index in [1.54, 1.807) is 10.9 Å². The predicted molar refractivity (Wildman–Crippen MR) is 72.5 cm³/mol. The Bertz CT molecular complexity index is 531. The second-order valence-electron chi connectivity index (χ2n) is 5.17. The van der Waals surface area contributed by atoms with Gasteiger partial charge in [-0.3, -0.25) is 0 Å². The van der Waals surface area contributed by atoms with Gasteiger partial charge in [0.15, 0.2) is 0 Å². The molecule has 4 heteroatoms. The predicted octanol–water partition coefficient (Wildman–Crippen LogP) is 2.56. The molecule has 0 aliphatic heterocycles. The molecule has 0 amide bonds. The number of aliphatic hydroxyl groups is 1. The van der Waals surface area contributed by atoms with Crippen LogP contribution in [0.5, 0.6) is 5.75 Å². The van der Waals surface area contributed by atoms with Crippen LogP contribution in [0, 0.1) is 0 Å². The summed E-state index contributed by atoms with van der Waals surface area (Å²) >= 11 is 0. The van der Waals surface area contributed by atoms with Gasteiger partial charge in [-0.05, 0) is 31.0 Å². The van der Waals surface area contributed by atoms with E-state index in [1.165, 1.54) is 0 Å². The van der Waals surface area contributed by atoms with E-state index in [1.807, 2.05) is 36.5 Å². The first kappa shape index (κ1) is 12.2. The summed E-state index contributed by atoms with van der Waals surface area (Å²) in [5, 5.41) is 14.5. The van der Waals surface area contributed by atoms with Crippen molar-refractivity contribution in [2.24, 2.45) is 0 Å². The minimum Gasteiger partial charge on any atom is -0.491 e. The second-order valence-corrected chi connectivity index (χ2v) is 5.17. The van der Waals surface area contributed by atoms with Crippen molar-refractivity contribution in [1.82, 2.24) is 9.78 Å². The van der Waals surface area contributed by atoms with Gasteiger partial charge in [0, 0.05) is 18.5 Å². The van der Waals surface area contributed by atoms with Crippen LogP contribution >= 0.6 is 0 Å². The number of hydrogen-bond acceptors (Lipinski definition) is 3. The Balaban J connectivity index is 1.70. The van der Waals surface area contributed by atoms with Crippen molar-refractivity contribution in [2.45, 2.75) is 31.3 Å². The van der Waals surface area contributed by atoms with E-state index < -0.39 is 5.60 Å². The fraction of sp³-hybridized carbons (Fsp3) is 0.400. The fourth-order valence-corrected chi connectivity index (χ4v) is 2.53. The van der Waals surface area contributed by atoms with Crippen molar-refractivity contribution < 1.29 is 9.84 Å². The zero-order chi connectivity index (χ0) is 13.1. The number of nitrogens with zero attached hydrogens (tertiary/aromatic N) is 2. The highest BCUT2D eigenvalue weighted by atomic mass is 16.5. The van der Waals surface area contributed by atoms with Crippen molar-refractivity contribution in [3.8, 4) is 11.4 Å². The molecule has 1 saturated carbocycles. The van der Waals surface area contributed by atoms with Crippen molar-refractivity contribution in [3.63, 3.8) is 0 Å². The second kappa shape index (κ2) is 5.05. The molecule has 1 aliphatic rings. The van der Waals surface area contributed by atoms with Gasteiger partial charge in [0.25, 0.3) is 0 Å². The zero-order valence-corrected chi connectivity index (χ0v) is 10.8. The molecule has 1 aromatic heterocycles. The molecule has 3 rings (SSSR count). The van der Waals surface area contributed by atoms with Crippen molar-refractivity contribution >= 4 is 0 Å². The van der Waals surface area contributed by atoms with E-state index in [9.17, 15) is 5.11 Å². The lowest BCUT2D eigenvalue weighted by Crippen LogP contribution is -2.32. The van der Waals surface area contributed by atoms with Crippen LogP contribution in [0.1, 0.15) is 25.7 Å². The molecule has 0 atom stereocenters. The van der Waals surface area contributed by atoms with Crippen LogP contribution in [0.3, 0.4) is 0 Å². The van der Waals surface area contributed by atoms with Gasteiger partial charge in [0.05, 0.1) is 11.3 Å². The van der Waals surface area contributed by atoms with E-state index in [0.717, 1.165) is 37.1 Å². The summed E-state index contributed by atoms with van der Waals surface area (Å²) in [4.78, 5) is 0. The average molecular weight is 258 g/mol. The maximum atomic E-state index is 10.3. The van der Waals surface area contributed by atoms with Crippen LogP contribution in [0.25, 0.3) is 5.69 Å². The first-order chi connectivity index (χ1) is 9.25. The topological polar surface area (TPSA) is 47.3 Å². The lowest BCUT2D eigenvalue weighted by atomic mass is 10.0. The van der Waals surface area contributed by atoms with Gasteiger partial charge < -0.3 is 9.84 Å². The molecule has 1 fully saturated rings. The Kier molecular flexibility index (Phi) is 3.25. The van der Waals surface area contributed by atoms with Gasteiger partial charge in [-0.25, -0.2) is 4.68 Å². The molecule has 1 N–H and O–H groups in total. The third-order valence-corrected chi connectivity index (χ3v) is 3.63. The monoisotopic (exact) mass is 258 g/mol. The van der Waals surface area contributed by atoms with E-state index in [0.29, 0.717) is 6.61 Å². The largest absolute Gasteiger partial charge is 0.491 e. The fourth-order valence-electron chi connectivity index (χ4n) is 2.53. The molecule has 0 spiro atoms. The molecule has 0 bridgehead atoms. The molecule has 1 aromatic carbocycles. The summed E-state index contributed by atoms with van der Waals surface area (Å²) in [6.45, 7) is 0.371. The van der Waals surface area contributed by atoms with Gasteiger partial charge in [-0.1, -0.05) is 18.9 Å². The standard InChI is InChI=1S/C15H18N2O2/c18-15(7-1-2-8-15)12-19-14-6-3-5-13(11-14)17-10-4-9-16-17/h3-6,9-11,18H,1-2,7-8,12H2. The molecule has 2 aromatic rings. The normalized spacial score (nSPS) is 17.5. The maximum Gasteiger partial charge on any atom is 0.121 e. The van der Waals surface area contributed by atoms with E-state index in [4.69, 9.17) is 4.74 Å². The zero-order valence-electron chi connectivity index (χ0n) is 10.8. The highest BCUT2D eigenvalue weighted by molar-refractivity contribution is 5.38. The number of benzene rings is 1. The van der Waals surface area contributed by atoms with Crippen molar-refractivity contribution in [3.05, 3.63) is 42.7 Å². The first-order valence-electron chi connectivity index (χ1n) is 6.71. The summed E-state index contributed by atoms with van der Waals surface area (Å²) in [7, 11) is 0. The lowest BCUT2D eigenvalue weighted by molar-refractivity contribution is 0.00140. The number of aromatic nitrogens is 2. The van der Waals surface area contributed by atoms with Gasteiger partial charge in [0.1, 0.15) is 12.4 Å². The SMILES string of the molecule is OC1(COc2cccc(-n3cccn3)c2)CCCC1. The van der Waals surface area contributed by atoms with Crippen LogP contribution in [0.2, 0.25) is 0 Å².